The van der Waals surface area contributed by atoms with E-state index in [-0.39, 0.29) is 18.1 Å². The number of likely N-dealkylation sites (N-methyl/N-ethyl adjacent to an activating group) is 1. The molecule has 0 N–H and O–H groups in total. The van der Waals surface area contributed by atoms with Gasteiger partial charge in [-0.15, -0.1) is 5.10 Å². The number of aromatic nitrogens is 3. The van der Waals surface area contributed by atoms with Crippen LogP contribution >= 0.6 is 0 Å². The number of nitrogens with zero attached hydrogens (tertiary/aromatic N) is 6. The van der Waals surface area contributed by atoms with Crippen LogP contribution in [0.5, 0.6) is 0 Å². The zero-order chi connectivity index (χ0) is 17.1. The summed E-state index contributed by atoms with van der Waals surface area (Å²) in [5, 5.41) is 7.73. The van der Waals surface area contributed by atoms with Gasteiger partial charge in [-0.2, -0.15) is 0 Å². The van der Waals surface area contributed by atoms with Crippen molar-refractivity contribution >= 4 is 5.91 Å². The Morgan fingerprint density at radius 1 is 1.29 bits per heavy atom. The van der Waals surface area contributed by atoms with E-state index in [0.717, 1.165) is 51.6 Å². The van der Waals surface area contributed by atoms with Gasteiger partial charge in [0.15, 0.2) is 0 Å². The van der Waals surface area contributed by atoms with Crippen LogP contribution in [-0.2, 0) is 23.0 Å². The predicted octanol–water partition coefficient (Wildman–Crippen LogP) is -0.779. The molecule has 1 amide bonds. The van der Waals surface area contributed by atoms with Crippen molar-refractivity contribution in [2.75, 3.05) is 52.9 Å². The first-order valence-corrected chi connectivity index (χ1v) is 8.68. The van der Waals surface area contributed by atoms with Crippen molar-refractivity contribution in [3.8, 4) is 0 Å². The number of hydrogen-bond acceptors (Lipinski definition) is 6. The van der Waals surface area contributed by atoms with E-state index in [4.69, 9.17) is 4.74 Å². The van der Waals surface area contributed by atoms with Gasteiger partial charge in [0.1, 0.15) is 0 Å². The third-order valence-corrected chi connectivity index (χ3v) is 4.98. The average molecular weight is 336 g/mol. The fourth-order valence-electron chi connectivity index (χ4n) is 3.56. The van der Waals surface area contributed by atoms with Crippen molar-refractivity contribution in [2.24, 2.45) is 7.05 Å². The molecule has 2 aliphatic heterocycles. The van der Waals surface area contributed by atoms with Crippen molar-refractivity contribution in [1.29, 1.82) is 0 Å². The summed E-state index contributed by atoms with van der Waals surface area (Å²) in [6.45, 7) is 8.46. The van der Waals surface area contributed by atoms with Crippen LogP contribution in [0.4, 0.5) is 0 Å². The normalized spacial score (nSPS) is 26.7. The fourth-order valence-corrected chi connectivity index (χ4v) is 3.56. The molecule has 2 saturated heterocycles. The van der Waals surface area contributed by atoms with Crippen molar-refractivity contribution < 1.29 is 9.53 Å². The highest BCUT2D eigenvalue weighted by molar-refractivity contribution is 5.78. The Morgan fingerprint density at radius 2 is 2.12 bits per heavy atom. The smallest absolute Gasteiger partial charge is 0.228 e. The van der Waals surface area contributed by atoms with E-state index in [1.807, 2.05) is 11.9 Å². The Morgan fingerprint density at radius 3 is 2.79 bits per heavy atom. The van der Waals surface area contributed by atoms with Gasteiger partial charge in [0.05, 0.1) is 31.0 Å². The van der Waals surface area contributed by atoms with Gasteiger partial charge >= 0.3 is 0 Å². The summed E-state index contributed by atoms with van der Waals surface area (Å²) in [4.78, 5) is 19.3. The van der Waals surface area contributed by atoms with Crippen LogP contribution in [0.3, 0.4) is 0 Å². The standard InChI is InChI=1S/C16H28N6O2/c1-13-10-21(12-15-11-19(2)6-7-24-15)4-5-22(13)16(23)8-14-9-17-18-20(14)3/h9,13,15H,4-8,10-12H2,1-3H3. The van der Waals surface area contributed by atoms with Gasteiger partial charge in [-0.25, -0.2) is 0 Å². The molecule has 0 spiro atoms. The second-order valence-electron chi connectivity index (χ2n) is 6.98. The van der Waals surface area contributed by atoms with E-state index < -0.39 is 0 Å². The minimum absolute atomic E-state index is 0.154. The topological polar surface area (TPSA) is 66.7 Å². The molecule has 1 aromatic rings. The summed E-state index contributed by atoms with van der Waals surface area (Å²) >= 11 is 0. The highest BCUT2D eigenvalue weighted by atomic mass is 16.5. The number of carbonyl (C=O) groups is 1. The van der Waals surface area contributed by atoms with Gasteiger partial charge in [0.25, 0.3) is 0 Å². The first kappa shape index (κ1) is 17.3. The van der Waals surface area contributed by atoms with Crippen LogP contribution in [0.15, 0.2) is 6.20 Å². The zero-order valence-electron chi connectivity index (χ0n) is 14.9. The van der Waals surface area contributed by atoms with Crippen LogP contribution in [0.1, 0.15) is 12.6 Å². The van der Waals surface area contributed by atoms with E-state index in [9.17, 15) is 4.79 Å². The van der Waals surface area contributed by atoms with Gasteiger partial charge in [-0.05, 0) is 14.0 Å². The maximum absolute atomic E-state index is 12.6. The third kappa shape index (κ3) is 4.12. The molecule has 0 saturated carbocycles. The molecule has 8 heteroatoms. The lowest BCUT2D eigenvalue weighted by Gasteiger charge is -2.42. The molecule has 0 aliphatic carbocycles. The van der Waals surface area contributed by atoms with Gasteiger partial charge in [-0.1, -0.05) is 5.21 Å². The quantitative estimate of drug-likeness (QED) is 0.719. The van der Waals surface area contributed by atoms with E-state index in [0.29, 0.717) is 6.42 Å². The van der Waals surface area contributed by atoms with E-state index >= 15 is 0 Å². The molecule has 2 fully saturated rings. The summed E-state index contributed by atoms with van der Waals surface area (Å²) in [5.41, 5.74) is 0.855. The number of morpholine rings is 1. The van der Waals surface area contributed by atoms with Gasteiger partial charge in [0.2, 0.25) is 5.91 Å². The summed E-state index contributed by atoms with van der Waals surface area (Å²) < 4.78 is 7.53. The first-order valence-electron chi connectivity index (χ1n) is 8.68. The highest BCUT2D eigenvalue weighted by Crippen LogP contribution is 2.14. The number of amides is 1. The fraction of sp³-hybridized carbons (Fsp3) is 0.812. The second-order valence-corrected chi connectivity index (χ2v) is 6.98. The maximum atomic E-state index is 12.6. The minimum atomic E-state index is 0.154. The average Bonchev–Trinajstić information content (AvgIpc) is 2.92. The lowest BCUT2D eigenvalue weighted by molar-refractivity contribution is -0.135. The van der Waals surface area contributed by atoms with E-state index in [1.54, 1.807) is 10.9 Å². The lowest BCUT2D eigenvalue weighted by Crippen LogP contribution is -2.57. The molecular formula is C16H28N6O2. The van der Waals surface area contributed by atoms with Gasteiger partial charge in [0, 0.05) is 52.4 Å². The second kappa shape index (κ2) is 7.58. The Bertz CT molecular complexity index is 563. The van der Waals surface area contributed by atoms with Crippen molar-refractivity contribution in [3.05, 3.63) is 11.9 Å². The molecule has 3 rings (SSSR count). The summed E-state index contributed by atoms with van der Waals surface area (Å²) in [6, 6.07) is 0.216. The SMILES string of the molecule is CC1CN(CC2CN(C)CCO2)CCN1C(=O)Cc1cnnn1C. The van der Waals surface area contributed by atoms with Gasteiger partial charge < -0.3 is 14.5 Å². The minimum Gasteiger partial charge on any atom is -0.374 e. The lowest BCUT2D eigenvalue weighted by atomic mass is 10.1. The Kier molecular flexibility index (Phi) is 5.47. The first-order chi connectivity index (χ1) is 11.5. The monoisotopic (exact) mass is 336 g/mol. The number of hydrogen-bond donors (Lipinski definition) is 0. The summed E-state index contributed by atoms with van der Waals surface area (Å²) in [5.74, 6) is 0.154. The molecule has 2 unspecified atom stereocenters. The van der Waals surface area contributed by atoms with Crippen LogP contribution in [0.2, 0.25) is 0 Å². The molecule has 1 aromatic heterocycles. The molecule has 134 valence electrons. The van der Waals surface area contributed by atoms with Crippen molar-refractivity contribution in [1.82, 2.24) is 29.7 Å². The summed E-state index contributed by atoms with van der Waals surface area (Å²) in [6.07, 6.45) is 2.30. The molecule has 0 bridgehead atoms. The molecule has 8 nitrogen and oxygen atoms in total. The summed E-state index contributed by atoms with van der Waals surface area (Å²) in [7, 11) is 3.96. The van der Waals surface area contributed by atoms with E-state index in [2.05, 4.69) is 34.1 Å². The predicted molar refractivity (Wildman–Crippen MR) is 89.6 cm³/mol. The molecular weight excluding hydrogens is 308 g/mol. The molecule has 2 atom stereocenters. The van der Waals surface area contributed by atoms with Crippen LogP contribution in [0.25, 0.3) is 0 Å². The third-order valence-electron chi connectivity index (χ3n) is 4.98. The van der Waals surface area contributed by atoms with Crippen LogP contribution < -0.4 is 0 Å². The molecule has 0 aromatic carbocycles. The Hall–Kier alpha value is -1.51. The maximum Gasteiger partial charge on any atom is 0.228 e. The Labute approximate surface area is 143 Å². The number of carbonyl (C=O) groups excluding carboxylic acids is 1. The van der Waals surface area contributed by atoms with Crippen LogP contribution in [-0.4, -0.2) is 101 Å². The molecule has 24 heavy (non-hydrogen) atoms. The number of aryl methyl sites for hydroxylation is 1. The van der Waals surface area contributed by atoms with Crippen molar-refractivity contribution in [3.63, 3.8) is 0 Å². The number of ether oxygens (including phenoxy) is 1. The van der Waals surface area contributed by atoms with Gasteiger partial charge in [-0.3, -0.25) is 14.4 Å². The Balaban J connectivity index is 1.49. The van der Waals surface area contributed by atoms with E-state index in [1.165, 1.54) is 0 Å². The zero-order valence-corrected chi connectivity index (χ0v) is 14.9. The van der Waals surface area contributed by atoms with Crippen molar-refractivity contribution in [2.45, 2.75) is 25.5 Å². The number of piperazine rings is 1. The molecule has 2 aliphatic rings. The molecule has 3 heterocycles. The number of rotatable bonds is 4. The largest absolute Gasteiger partial charge is 0.374 e. The van der Waals surface area contributed by atoms with Crippen LogP contribution in [0, 0.1) is 0 Å². The highest BCUT2D eigenvalue weighted by Gasteiger charge is 2.30. The molecule has 0 radical (unpaired) electrons.